The first-order valence-corrected chi connectivity index (χ1v) is 5.60. The zero-order valence-corrected chi connectivity index (χ0v) is 9.88. The van der Waals surface area contributed by atoms with Crippen LogP contribution in [0.3, 0.4) is 0 Å². The highest BCUT2D eigenvalue weighted by atomic mass is 15.1. The molecule has 1 aliphatic rings. The molecule has 1 aromatic rings. The molecule has 0 unspecified atom stereocenters. The van der Waals surface area contributed by atoms with Gasteiger partial charge in [0.05, 0.1) is 0 Å². The number of benzene rings is 1. The van der Waals surface area contributed by atoms with Crippen LogP contribution in [0.15, 0.2) is 18.2 Å². The van der Waals surface area contributed by atoms with Gasteiger partial charge in [-0.1, -0.05) is 17.7 Å². The van der Waals surface area contributed by atoms with E-state index in [1.807, 2.05) is 0 Å². The minimum Gasteiger partial charge on any atom is -0.377 e. The van der Waals surface area contributed by atoms with Crippen molar-refractivity contribution in [2.45, 2.75) is 31.7 Å². The molecule has 1 fully saturated rings. The Morgan fingerprint density at radius 3 is 2.40 bits per heavy atom. The quantitative estimate of drug-likeness (QED) is 0.801. The molecule has 1 aromatic carbocycles. The van der Waals surface area contributed by atoms with Crippen LogP contribution in [0.2, 0.25) is 0 Å². The summed E-state index contributed by atoms with van der Waals surface area (Å²) in [5, 5.41) is 0. The maximum absolute atomic E-state index is 6.40. The minimum absolute atomic E-state index is 0.0639. The fourth-order valence-corrected chi connectivity index (χ4v) is 2.27. The van der Waals surface area contributed by atoms with Gasteiger partial charge in [-0.25, -0.2) is 0 Å². The highest BCUT2D eigenvalue weighted by Crippen LogP contribution is 2.42. The monoisotopic (exact) mass is 204 g/mol. The molecule has 0 bridgehead atoms. The van der Waals surface area contributed by atoms with Gasteiger partial charge in [-0.15, -0.1) is 0 Å². The standard InChI is InChI=1S/C13H20N2/c1-10-5-6-12(15(2)3)11(9-10)13(14)7-4-8-13/h5-6,9H,4,7-8,14H2,1-3H3. The van der Waals surface area contributed by atoms with Crippen LogP contribution in [0, 0.1) is 6.92 Å². The summed E-state index contributed by atoms with van der Waals surface area (Å²) < 4.78 is 0. The fourth-order valence-electron chi connectivity index (χ4n) is 2.27. The van der Waals surface area contributed by atoms with Crippen molar-refractivity contribution in [1.29, 1.82) is 0 Å². The molecular formula is C13H20N2. The first-order valence-electron chi connectivity index (χ1n) is 5.60. The summed E-state index contributed by atoms with van der Waals surface area (Å²) in [6, 6.07) is 6.58. The SMILES string of the molecule is Cc1ccc(N(C)C)c(C2(N)CCC2)c1. The highest BCUT2D eigenvalue weighted by molar-refractivity contribution is 5.57. The summed E-state index contributed by atoms with van der Waals surface area (Å²) >= 11 is 0. The van der Waals surface area contributed by atoms with E-state index in [-0.39, 0.29) is 5.54 Å². The Labute approximate surface area is 92.1 Å². The third kappa shape index (κ3) is 1.74. The van der Waals surface area contributed by atoms with Crippen molar-refractivity contribution in [2.75, 3.05) is 19.0 Å². The molecule has 0 aliphatic heterocycles. The van der Waals surface area contributed by atoms with Crippen LogP contribution in [0.4, 0.5) is 5.69 Å². The Hall–Kier alpha value is -1.02. The van der Waals surface area contributed by atoms with E-state index in [0.717, 1.165) is 12.8 Å². The Morgan fingerprint density at radius 1 is 1.27 bits per heavy atom. The molecule has 2 heteroatoms. The number of rotatable bonds is 2. The van der Waals surface area contributed by atoms with Gasteiger partial charge in [0.1, 0.15) is 0 Å². The van der Waals surface area contributed by atoms with E-state index >= 15 is 0 Å². The van der Waals surface area contributed by atoms with E-state index < -0.39 is 0 Å². The largest absolute Gasteiger partial charge is 0.377 e. The predicted molar refractivity (Wildman–Crippen MR) is 65.2 cm³/mol. The van der Waals surface area contributed by atoms with Crippen molar-refractivity contribution in [3.05, 3.63) is 29.3 Å². The number of nitrogens with zero attached hydrogens (tertiary/aromatic N) is 1. The minimum atomic E-state index is -0.0639. The second-order valence-corrected chi connectivity index (χ2v) is 4.92. The number of hydrogen-bond acceptors (Lipinski definition) is 2. The van der Waals surface area contributed by atoms with Gasteiger partial charge in [-0.3, -0.25) is 0 Å². The highest BCUT2D eigenvalue weighted by Gasteiger charge is 2.36. The maximum atomic E-state index is 6.40. The Bertz CT molecular complexity index is 365. The zero-order valence-electron chi connectivity index (χ0n) is 9.88. The normalized spacial score (nSPS) is 18.4. The number of hydrogen-bond donors (Lipinski definition) is 1. The summed E-state index contributed by atoms with van der Waals surface area (Å²) in [5.74, 6) is 0. The number of nitrogens with two attached hydrogens (primary N) is 1. The van der Waals surface area contributed by atoms with E-state index in [9.17, 15) is 0 Å². The van der Waals surface area contributed by atoms with Gasteiger partial charge >= 0.3 is 0 Å². The summed E-state index contributed by atoms with van der Waals surface area (Å²) in [6.45, 7) is 2.13. The van der Waals surface area contributed by atoms with E-state index in [2.05, 4.69) is 44.1 Å². The van der Waals surface area contributed by atoms with Crippen LogP contribution >= 0.6 is 0 Å². The number of anilines is 1. The second-order valence-electron chi connectivity index (χ2n) is 4.92. The zero-order chi connectivity index (χ0) is 11.1. The van der Waals surface area contributed by atoms with Crippen LogP contribution in [-0.2, 0) is 5.54 Å². The summed E-state index contributed by atoms with van der Waals surface area (Å²) in [7, 11) is 4.16. The summed E-state index contributed by atoms with van der Waals surface area (Å²) in [6.07, 6.45) is 3.51. The van der Waals surface area contributed by atoms with Crippen LogP contribution in [-0.4, -0.2) is 14.1 Å². The van der Waals surface area contributed by atoms with Crippen LogP contribution in [0.5, 0.6) is 0 Å². The molecular weight excluding hydrogens is 184 g/mol. The topological polar surface area (TPSA) is 29.3 Å². The third-order valence-electron chi connectivity index (χ3n) is 3.42. The fraction of sp³-hybridized carbons (Fsp3) is 0.538. The molecule has 0 aromatic heterocycles. The Balaban J connectivity index is 2.47. The molecule has 2 nitrogen and oxygen atoms in total. The van der Waals surface area contributed by atoms with Crippen molar-refractivity contribution in [3.63, 3.8) is 0 Å². The Kier molecular flexibility index (Phi) is 2.47. The molecule has 2 rings (SSSR count). The molecule has 0 amide bonds. The molecule has 1 saturated carbocycles. The van der Waals surface area contributed by atoms with E-state index in [1.54, 1.807) is 0 Å². The molecule has 1 aliphatic carbocycles. The van der Waals surface area contributed by atoms with Crippen molar-refractivity contribution in [2.24, 2.45) is 5.73 Å². The van der Waals surface area contributed by atoms with Gasteiger partial charge in [0, 0.05) is 25.3 Å². The first-order chi connectivity index (χ1) is 7.03. The molecule has 15 heavy (non-hydrogen) atoms. The molecule has 2 N–H and O–H groups in total. The molecule has 0 spiro atoms. The third-order valence-corrected chi connectivity index (χ3v) is 3.42. The lowest BCUT2D eigenvalue weighted by molar-refractivity contribution is 0.254. The van der Waals surface area contributed by atoms with E-state index in [0.29, 0.717) is 0 Å². The molecule has 82 valence electrons. The van der Waals surface area contributed by atoms with Crippen LogP contribution in [0.1, 0.15) is 30.4 Å². The summed E-state index contributed by atoms with van der Waals surface area (Å²) in [5.41, 5.74) is 10.2. The van der Waals surface area contributed by atoms with Gasteiger partial charge in [0.15, 0.2) is 0 Å². The van der Waals surface area contributed by atoms with Crippen molar-refractivity contribution >= 4 is 5.69 Å². The van der Waals surface area contributed by atoms with Crippen LogP contribution < -0.4 is 10.6 Å². The lowest BCUT2D eigenvalue weighted by Gasteiger charge is -2.41. The Morgan fingerprint density at radius 2 is 1.93 bits per heavy atom. The van der Waals surface area contributed by atoms with Crippen molar-refractivity contribution in [3.8, 4) is 0 Å². The van der Waals surface area contributed by atoms with Crippen molar-refractivity contribution in [1.82, 2.24) is 0 Å². The predicted octanol–water partition coefficient (Wildman–Crippen LogP) is 2.40. The smallest absolute Gasteiger partial charge is 0.0430 e. The second kappa shape index (κ2) is 3.53. The van der Waals surface area contributed by atoms with Gasteiger partial charge in [-0.2, -0.15) is 0 Å². The van der Waals surface area contributed by atoms with Gasteiger partial charge in [0.2, 0.25) is 0 Å². The summed E-state index contributed by atoms with van der Waals surface area (Å²) in [4.78, 5) is 2.15. The van der Waals surface area contributed by atoms with Gasteiger partial charge in [-0.05, 0) is 37.8 Å². The lowest BCUT2D eigenvalue weighted by atomic mass is 9.72. The van der Waals surface area contributed by atoms with Gasteiger partial charge < -0.3 is 10.6 Å². The molecule has 0 heterocycles. The lowest BCUT2D eigenvalue weighted by Crippen LogP contribution is -2.44. The van der Waals surface area contributed by atoms with E-state index in [1.165, 1.54) is 23.2 Å². The first kappa shape index (κ1) is 10.5. The maximum Gasteiger partial charge on any atom is 0.0430 e. The van der Waals surface area contributed by atoms with Gasteiger partial charge in [0.25, 0.3) is 0 Å². The van der Waals surface area contributed by atoms with E-state index in [4.69, 9.17) is 5.73 Å². The number of aryl methyl sites for hydroxylation is 1. The van der Waals surface area contributed by atoms with Crippen LogP contribution in [0.25, 0.3) is 0 Å². The molecule has 0 saturated heterocycles. The average molecular weight is 204 g/mol. The van der Waals surface area contributed by atoms with Crippen molar-refractivity contribution < 1.29 is 0 Å². The average Bonchev–Trinajstić information content (AvgIpc) is 2.13. The molecule has 0 atom stereocenters. The molecule has 0 radical (unpaired) electrons.